The largest absolute Gasteiger partial charge is 0.460 e. The van der Waals surface area contributed by atoms with Gasteiger partial charge in [0.15, 0.2) is 0 Å². The molecule has 11 heteroatoms. The Morgan fingerprint density at radius 2 is 0.818 bits per heavy atom. The third kappa shape index (κ3) is 119. The molecule has 0 saturated heterocycles. The van der Waals surface area contributed by atoms with Crippen LogP contribution in [0.2, 0.25) is 0 Å². The Bertz CT molecular complexity index is 330. The van der Waals surface area contributed by atoms with Gasteiger partial charge in [-0.15, -0.1) is 0 Å². The highest BCUT2D eigenvalue weighted by molar-refractivity contribution is 5.87. The molecule has 0 radical (unpaired) electrons. The van der Waals surface area contributed by atoms with Crippen molar-refractivity contribution in [2.45, 2.75) is 55.4 Å². The van der Waals surface area contributed by atoms with Crippen LogP contribution in [0.5, 0.6) is 0 Å². The molecule has 33 heavy (non-hydrogen) atoms. The molecule has 204 valence electrons. The van der Waals surface area contributed by atoms with Gasteiger partial charge in [-0.05, 0) is 55.4 Å². The minimum atomic E-state index is -0.652. The van der Waals surface area contributed by atoms with Crippen molar-refractivity contribution in [2.75, 3.05) is 52.9 Å². The number of rotatable bonds is 6. The molecule has 0 rings (SSSR count). The fraction of sp³-hybridized carbons (Fsp3) is 0.727. The molecule has 0 atom stereocenters. The first-order valence-electron chi connectivity index (χ1n) is 10.4. The maximum absolute atomic E-state index is 10.8. The zero-order valence-electron chi connectivity index (χ0n) is 21.8. The van der Waals surface area contributed by atoms with E-state index in [0.717, 1.165) is 0 Å². The van der Waals surface area contributed by atoms with Crippen molar-refractivity contribution in [1.82, 2.24) is 0 Å². The van der Waals surface area contributed by atoms with E-state index in [4.69, 9.17) is 30.6 Å². The molecule has 0 fully saturated rings. The number of hydrogen-bond acceptors (Lipinski definition) is 11. The summed E-state index contributed by atoms with van der Waals surface area (Å²) in [6.07, 6.45) is 0. The Balaban J connectivity index is -0.0000000612. The highest BCUT2D eigenvalue weighted by atomic mass is 17.2. The van der Waals surface area contributed by atoms with Gasteiger partial charge in [0, 0.05) is 50.8 Å². The van der Waals surface area contributed by atoms with Crippen LogP contribution in [-0.2, 0) is 24.1 Å². The molecule has 0 amide bonds. The van der Waals surface area contributed by atoms with Gasteiger partial charge >= 0.3 is 11.9 Å². The second-order valence-corrected chi connectivity index (χ2v) is 4.79. The molecule has 6 N–H and O–H groups in total. The molecular formula is C22H50O11. The molecule has 0 aromatic heterocycles. The molecule has 0 saturated carbocycles. The van der Waals surface area contributed by atoms with E-state index in [0.29, 0.717) is 5.57 Å². The maximum atomic E-state index is 10.8. The Morgan fingerprint density at radius 3 is 1.03 bits per heavy atom. The zero-order valence-corrected chi connectivity index (χ0v) is 21.8. The standard InChI is InChI=1S/C10H14O5.6C2H6O/c1-7(2)9(11)13-5-6-14-15-10(12)8(3)4;6*1-2-3/h1,3,5-6H2,2,4H3;6*3H,2H2,1H3. The highest BCUT2D eigenvalue weighted by Crippen LogP contribution is 1.94. The molecule has 0 aliphatic heterocycles. The van der Waals surface area contributed by atoms with Gasteiger partial charge < -0.3 is 35.4 Å². The summed E-state index contributed by atoms with van der Waals surface area (Å²) < 4.78 is 4.67. The summed E-state index contributed by atoms with van der Waals surface area (Å²) in [5, 5.41) is 45.4. The van der Waals surface area contributed by atoms with Gasteiger partial charge in [-0.1, -0.05) is 13.2 Å². The summed E-state index contributed by atoms with van der Waals surface area (Å²) in [6.45, 7) is 21.3. The van der Waals surface area contributed by atoms with E-state index in [1.165, 1.54) is 13.8 Å². The van der Waals surface area contributed by atoms with Crippen LogP contribution in [-0.4, -0.2) is 95.4 Å². The third-order valence-corrected chi connectivity index (χ3v) is 1.23. The second kappa shape index (κ2) is 57.3. The quantitative estimate of drug-likeness (QED) is 0.103. The normalized spacial score (nSPS) is 7.45. The van der Waals surface area contributed by atoms with E-state index < -0.39 is 11.9 Å². The van der Waals surface area contributed by atoms with Crippen molar-refractivity contribution in [1.29, 1.82) is 0 Å². The Hall–Kier alpha value is -1.86. The van der Waals surface area contributed by atoms with Crippen LogP contribution in [0, 0.1) is 0 Å². The molecule has 0 aromatic carbocycles. The van der Waals surface area contributed by atoms with Crippen molar-refractivity contribution in [3.8, 4) is 0 Å². The van der Waals surface area contributed by atoms with Crippen LogP contribution >= 0.6 is 0 Å². The molecule has 0 aromatic rings. The lowest BCUT2D eigenvalue weighted by atomic mass is 10.4. The summed E-state index contributed by atoms with van der Waals surface area (Å²) in [6, 6.07) is 0. The molecule has 11 nitrogen and oxygen atoms in total. The summed E-state index contributed by atoms with van der Waals surface area (Å²) >= 11 is 0. The molecule has 0 spiro atoms. The predicted molar refractivity (Wildman–Crippen MR) is 129 cm³/mol. The Labute approximate surface area is 199 Å². The Kier molecular flexibility index (Phi) is 84.2. The number of aliphatic hydroxyl groups excluding tert-OH is 6. The SMILES string of the molecule is C=C(C)C(=O)OCCOOC(=O)C(=C)C.CCO.CCO.CCO.CCO.CCO.CCO. The van der Waals surface area contributed by atoms with Gasteiger partial charge in [-0.3, -0.25) is 4.89 Å². The van der Waals surface area contributed by atoms with Crippen molar-refractivity contribution in [3.63, 3.8) is 0 Å². The fourth-order valence-corrected chi connectivity index (χ4v) is 0.458. The maximum Gasteiger partial charge on any atom is 0.368 e. The number of aliphatic hydroxyl groups is 6. The van der Waals surface area contributed by atoms with Crippen LogP contribution in [0.4, 0.5) is 0 Å². The number of ether oxygens (including phenoxy) is 1. The molecule has 0 aliphatic rings. The van der Waals surface area contributed by atoms with E-state index in [9.17, 15) is 9.59 Å². The average molecular weight is 491 g/mol. The summed E-state index contributed by atoms with van der Waals surface area (Å²) in [5.41, 5.74) is 0.530. The lowest BCUT2D eigenvalue weighted by Crippen LogP contribution is -2.13. The molecule has 0 aliphatic carbocycles. The van der Waals surface area contributed by atoms with Crippen LogP contribution in [0.15, 0.2) is 24.3 Å². The van der Waals surface area contributed by atoms with Gasteiger partial charge in [0.1, 0.15) is 13.2 Å². The van der Waals surface area contributed by atoms with Crippen LogP contribution in [0.1, 0.15) is 55.4 Å². The van der Waals surface area contributed by atoms with Crippen molar-refractivity contribution >= 4 is 11.9 Å². The van der Waals surface area contributed by atoms with E-state index in [1.54, 1.807) is 41.5 Å². The topological polar surface area (TPSA) is 183 Å². The monoisotopic (exact) mass is 490 g/mol. The lowest BCUT2D eigenvalue weighted by molar-refractivity contribution is -0.271. The van der Waals surface area contributed by atoms with Gasteiger partial charge in [0.25, 0.3) is 0 Å². The van der Waals surface area contributed by atoms with Gasteiger partial charge in [-0.25, -0.2) is 9.59 Å². The first kappa shape index (κ1) is 48.5. The highest BCUT2D eigenvalue weighted by Gasteiger charge is 2.05. The lowest BCUT2D eigenvalue weighted by Gasteiger charge is -2.04. The predicted octanol–water partition coefficient (Wildman–Crippen LogP) is 1.15. The third-order valence-electron chi connectivity index (χ3n) is 1.23. The first-order chi connectivity index (χ1) is 15.4. The van der Waals surface area contributed by atoms with E-state index in [2.05, 4.69) is 27.7 Å². The zero-order chi connectivity index (χ0) is 28.1. The summed E-state index contributed by atoms with van der Waals surface area (Å²) in [7, 11) is 0. The smallest absolute Gasteiger partial charge is 0.368 e. The summed E-state index contributed by atoms with van der Waals surface area (Å²) in [5.74, 6) is -1.16. The minimum absolute atomic E-state index is 0.00480. The summed E-state index contributed by atoms with van der Waals surface area (Å²) in [4.78, 5) is 30.4. The van der Waals surface area contributed by atoms with Crippen molar-refractivity contribution in [3.05, 3.63) is 24.3 Å². The average Bonchev–Trinajstić information content (AvgIpc) is 2.71. The van der Waals surface area contributed by atoms with Crippen molar-refractivity contribution < 1.29 is 54.7 Å². The van der Waals surface area contributed by atoms with Crippen LogP contribution in [0.3, 0.4) is 0 Å². The van der Waals surface area contributed by atoms with Gasteiger partial charge in [0.2, 0.25) is 0 Å². The molecule has 0 heterocycles. The van der Waals surface area contributed by atoms with Crippen LogP contribution in [0.25, 0.3) is 0 Å². The van der Waals surface area contributed by atoms with E-state index in [1.807, 2.05) is 0 Å². The van der Waals surface area contributed by atoms with E-state index in [-0.39, 0.29) is 58.4 Å². The number of esters is 1. The second-order valence-electron chi connectivity index (χ2n) is 4.79. The Morgan fingerprint density at radius 1 is 0.576 bits per heavy atom. The number of hydrogen-bond donors (Lipinski definition) is 6. The van der Waals surface area contributed by atoms with Gasteiger partial charge in [0.05, 0.1) is 0 Å². The van der Waals surface area contributed by atoms with Gasteiger partial charge in [-0.2, -0.15) is 4.89 Å². The van der Waals surface area contributed by atoms with E-state index >= 15 is 0 Å². The molecule has 0 bridgehead atoms. The first-order valence-corrected chi connectivity index (χ1v) is 10.4. The molecule has 0 unspecified atom stereocenters. The fourth-order valence-electron chi connectivity index (χ4n) is 0.458. The molecular weight excluding hydrogens is 440 g/mol. The number of carbonyl (C=O) groups is 2. The van der Waals surface area contributed by atoms with Crippen molar-refractivity contribution in [2.24, 2.45) is 0 Å². The minimum Gasteiger partial charge on any atom is -0.460 e. The van der Waals surface area contributed by atoms with Crippen LogP contribution < -0.4 is 0 Å². The number of carbonyl (C=O) groups excluding carboxylic acids is 2.